The molecule has 1 spiro atoms. The summed E-state index contributed by atoms with van der Waals surface area (Å²) in [4.78, 5) is 22.6. The molecule has 5 heteroatoms. The first-order valence-electron chi connectivity index (χ1n) is 7.52. The highest BCUT2D eigenvalue weighted by Gasteiger charge is 2.62. The van der Waals surface area contributed by atoms with Crippen molar-refractivity contribution in [3.8, 4) is 0 Å². The van der Waals surface area contributed by atoms with Crippen LogP contribution in [0.25, 0.3) is 0 Å². The number of ether oxygens (including phenoxy) is 2. The predicted octanol–water partition coefficient (Wildman–Crippen LogP) is 1.39. The molecular formula is C15H23NO4. The monoisotopic (exact) mass is 281 g/mol. The fraction of sp³-hybridized carbons (Fsp3) is 0.867. The summed E-state index contributed by atoms with van der Waals surface area (Å²) < 4.78 is 10.8. The normalized spacial score (nSPS) is 45.9. The molecule has 0 amide bonds. The van der Waals surface area contributed by atoms with E-state index in [4.69, 9.17) is 15.2 Å². The fourth-order valence-corrected chi connectivity index (χ4v) is 4.97. The second kappa shape index (κ2) is 4.72. The molecule has 2 unspecified atom stereocenters. The minimum atomic E-state index is -0.332. The molecule has 5 nitrogen and oxygen atoms in total. The fourth-order valence-electron chi connectivity index (χ4n) is 4.97. The first kappa shape index (κ1) is 13.9. The smallest absolute Gasteiger partial charge is 0.303 e. The zero-order chi connectivity index (χ0) is 14.5. The third kappa shape index (κ3) is 2.03. The Labute approximate surface area is 119 Å². The SMILES string of the molecule is CC(=O)OC1CC2(C[C@@H]1OC(C)=O)[C@@H]1CC[C@@H](C1)[C@H]2N. The Balaban J connectivity index is 1.81. The number of nitrogens with two attached hydrogens (primary N) is 1. The van der Waals surface area contributed by atoms with Crippen molar-refractivity contribution in [3.63, 3.8) is 0 Å². The summed E-state index contributed by atoms with van der Waals surface area (Å²) in [5, 5.41) is 0. The van der Waals surface area contributed by atoms with E-state index in [0.29, 0.717) is 11.8 Å². The van der Waals surface area contributed by atoms with Crippen molar-refractivity contribution in [2.45, 2.75) is 64.2 Å². The second-order valence-corrected chi connectivity index (χ2v) is 6.73. The maximum absolute atomic E-state index is 11.3. The highest BCUT2D eigenvalue weighted by atomic mass is 16.6. The zero-order valence-corrected chi connectivity index (χ0v) is 12.1. The van der Waals surface area contributed by atoms with E-state index in [1.165, 1.54) is 33.1 Å². The van der Waals surface area contributed by atoms with Gasteiger partial charge in [-0.3, -0.25) is 9.59 Å². The average molecular weight is 281 g/mol. The van der Waals surface area contributed by atoms with E-state index >= 15 is 0 Å². The molecule has 0 saturated heterocycles. The molecule has 2 bridgehead atoms. The molecule has 0 aromatic rings. The lowest BCUT2D eigenvalue weighted by Crippen LogP contribution is -2.45. The van der Waals surface area contributed by atoms with E-state index in [1.54, 1.807) is 0 Å². The number of carbonyl (C=O) groups excluding carboxylic acids is 2. The molecule has 0 aromatic heterocycles. The summed E-state index contributed by atoms with van der Waals surface area (Å²) in [5.41, 5.74) is 6.47. The summed E-state index contributed by atoms with van der Waals surface area (Å²) in [6.45, 7) is 2.80. The standard InChI is InChI=1S/C15H23NO4/c1-8(17)19-12-6-15(7-13(12)20-9(2)18)11-4-3-10(5-11)14(15)16/h10-14H,3-7,16H2,1-2H3/t10-,11+,12-,13?,14+,15?/m0/s1. The van der Waals surface area contributed by atoms with E-state index < -0.39 is 0 Å². The maximum Gasteiger partial charge on any atom is 0.303 e. The van der Waals surface area contributed by atoms with Gasteiger partial charge in [0.1, 0.15) is 12.2 Å². The minimum absolute atomic E-state index is 0.00313. The molecule has 0 heterocycles. The third-order valence-electron chi connectivity index (χ3n) is 5.67. The van der Waals surface area contributed by atoms with E-state index in [9.17, 15) is 9.59 Å². The van der Waals surface area contributed by atoms with Crippen molar-refractivity contribution in [3.05, 3.63) is 0 Å². The molecule has 2 N–H and O–H groups in total. The Morgan fingerprint density at radius 3 is 2.00 bits per heavy atom. The number of hydrogen-bond donors (Lipinski definition) is 1. The van der Waals surface area contributed by atoms with E-state index in [2.05, 4.69) is 0 Å². The van der Waals surface area contributed by atoms with Gasteiger partial charge in [0.05, 0.1) is 0 Å². The minimum Gasteiger partial charge on any atom is -0.459 e. The molecule has 3 aliphatic carbocycles. The molecule has 3 fully saturated rings. The number of rotatable bonds is 2. The van der Waals surface area contributed by atoms with Crippen LogP contribution in [0.15, 0.2) is 0 Å². The van der Waals surface area contributed by atoms with Gasteiger partial charge in [-0.25, -0.2) is 0 Å². The van der Waals surface area contributed by atoms with Gasteiger partial charge >= 0.3 is 11.9 Å². The molecule has 0 radical (unpaired) electrons. The quantitative estimate of drug-likeness (QED) is 0.774. The predicted molar refractivity (Wildman–Crippen MR) is 71.6 cm³/mol. The summed E-state index contributed by atoms with van der Waals surface area (Å²) >= 11 is 0. The molecule has 3 aliphatic rings. The van der Waals surface area contributed by atoms with Crippen molar-refractivity contribution in [2.24, 2.45) is 23.0 Å². The first-order chi connectivity index (χ1) is 9.42. The maximum atomic E-state index is 11.3. The van der Waals surface area contributed by atoms with Gasteiger partial charge in [-0.1, -0.05) is 0 Å². The molecule has 112 valence electrons. The van der Waals surface area contributed by atoms with Crippen LogP contribution < -0.4 is 5.73 Å². The van der Waals surface area contributed by atoms with Crippen molar-refractivity contribution < 1.29 is 19.1 Å². The molecule has 20 heavy (non-hydrogen) atoms. The van der Waals surface area contributed by atoms with Gasteiger partial charge in [0.25, 0.3) is 0 Å². The summed E-state index contributed by atoms with van der Waals surface area (Å²) in [6.07, 6.45) is 4.42. The molecular weight excluding hydrogens is 258 g/mol. The van der Waals surface area contributed by atoms with Crippen LogP contribution in [0.5, 0.6) is 0 Å². The van der Waals surface area contributed by atoms with Crippen LogP contribution in [0.4, 0.5) is 0 Å². The van der Waals surface area contributed by atoms with Gasteiger partial charge in [0.2, 0.25) is 0 Å². The van der Waals surface area contributed by atoms with Crippen LogP contribution in [0.1, 0.15) is 46.0 Å². The number of hydrogen-bond acceptors (Lipinski definition) is 5. The van der Waals surface area contributed by atoms with Crippen molar-refractivity contribution >= 4 is 11.9 Å². The highest BCUT2D eigenvalue weighted by molar-refractivity contribution is 5.67. The summed E-state index contributed by atoms with van der Waals surface area (Å²) in [6, 6.07) is 0.153. The average Bonchev–Trinajstić information content (AvgIpc) is 2.98. The lowest BCUT2D eigenvalue weighted by atomic mass is 9.69. The van der Waals surface area contributed by atoms with Crippen LogP contribution in [0, 0.1) is 17.3 Å². The highest BCUT2D eigenvalue weighted by Crippen LogP contribution is 2.62. The van der Waals surface area contributed by atoms with Crippen LogP contribution in [-0.4, -0.2) is 30.2 Å². The van der Waals surface area contributed by atoms with Crippen LogP contribution in [0.2, 0.25) is 0 Å². The van der Waals surface area contributed by atoms with Gasteiger partial charge in [-0.05, 0) is 49.4 Å². The number of esters is 2. The lowest BCUT2D eigenvalue weighted by molar-refractivity contribution is -0.162. The van der Waals surface area contributed by atoms with Gasteiger partial charge < -0.3 is 15.2 Å². The van der Waals surface area contributed by atoms with Crippen molar-refractivity contribution in [1.82, 2.24) is 0 Å². The van der Waals surface area contributed by atoms with Crippen LogP contribution in [0.3, 0.4) is 0 Å². The summed E-state index contributed by atoms with van der Waals surface area (Å²) in [7, 11) is 0. The topological polar surface area (TPSA) is 78.6 Å². The molecule has 0 aromatic carbocycles. The zero-order valence-electron chi connectivity index (χ0n) is 12.1. The van der Waals surface area contributed by atoms with Gasteiger partial charge in [0, 0.05) is 19.9 Å². The Kier molecular flexibility index (Phi) is 3.27. The van der Waals surface area contributed by atoms with Gasteiger partial charge in [-0.15, -0.1) is 0 Å². The molecule has 6 atom stereocenters. The van der Waals surface area contributed by atoms with Crippen LogP contribution in [-0.2, 0) is 19.1 Å². The van der Waals surface area contributed by atoms with Crippen molar-refractivity contribution in [1.29, 1.82) is 0 Å². The first-order valence-corrected chi connectivity index (χ1v) is 7.52. The third-order valence-corrected chi connectivity index (χ3v) is 5.67. The molecule has 3 rings (SSSR count). The Bertz CT molecular complexity index is 408. The second-order valence-electron chi connectivity index (χ2n) is 6.73. The number of carbonyl (C=O) groups is 2. The number of fused-ring (bicyclic) bond motifs is 3. The Morgan fingerprint density at radius 1 is 1.05 bits per heavy atom. The lowest BCUT2D eigenvalue weighted by Gasteiger charge is -2.39. The van der Waals surface area contributed by atoms with Crippen LogP contribution >= 0.6 is 0 Å². The molecule has 3 saturated carbocycles. The Hall–Kier alpha value is -1.10. The van der Waals surface area contributed by atoms with Crippen molar-refractivity contribution in [2.75, 3.05) is 0 Å². The van der Waals surface area contributed by atoms with Gasteiger partial charge in [-0.2, -0.15) is 0 Å². The summed E-state index contributed by atoms with van der Waals surface area (Å²) in [5.74, 6) is 0.553. The van der Waals surface area contributed by atoms with E-state index in [0.717, 1.165) is 12.8 Å². The van der Waals surface area contributed by atoms with E-state index in [-0.39, 0.29) is 35.6 Å². The van der Waals surface area contributed by atoms with E-state index in [1.807, 2.05) is 0 Å². The van der Waals surface area contributed by atoms with Gasteiger partial charge in [0.15, 0.2) is 0 Å². The largest absolute Gasteiger partial charge is 0.459 e. The Morgan fingerprint density at radius 2 is 1.60 bits per heavy atom. The molecule has 0 aliphatic heterocycles.